The largest absolute Gasteiger partial charge is 0.488 e. The van der Waals surface area contributed by atoms with E-state index >= 15 is 0 Å². The number of aromatic nitrogens is 2. The number of fused-ring (bicyclic) bond motifs is 1. The van der Waals surface area contributed by atoms with E-state index in [1.54, 1.807) is 6.21 Å². The van der Waals surface area contributed by atoms with E-state index in [1.807, 2.05) is 42.5 Å². The standard InChI is InChI=1S/C29H28BrN3O2/c1-20-11-13-21(14-12-20)19-35-27-16-15-22(17-25(27)30)18-31-33-28(23-7-3-2-4-8-23)32-26-10-6-5-9-24(26)29(33)34/h5-6,9-18,23H,2-4,7-8,19H2,1H3. The summed E-state index contributed by atoms with van der Waals surface area (Å²) < 4.78 is 8.34. The topological polar surface area (TPSA) is 56.5 Å². The second kappa shape index (κ2) is 10.6. The summed E-state index contributed by atoms with van der Waals surface area (Å²) >= 11 is 3.62. The number of aryl methyl sites for hydroxylation is 1. The monoisotopic (exact) mass is 529 g/mol. The molecular weight excluding hydrogens is 502 g/mol. The van der Waals surface area contributed by atoms with Crippen molar-refractivity contribution in [2.24, 2.45) is 5.10 Å². The number of benzene rings is 3. The third-order valence-corrected chi connectivity index (χ3v) is 7.16. The number of nitrogens with zero attached hydrogens (tertiary/aromatic N) is 3. The molecule has 6 heteroatoms. The van der Waals surface area contributed by atoms with Gasteiger partial charge in [-0.3, -0.25) is 4.79 Å². The normalized spacial score (nSPS) is 14.6. The predicted octanol–water partition coefficient (Wildman–Crippen LogP) is 6.98. The first-order valence-electron chi connectivity index (χ1n) is 12.1. The van der Waals surface area contributed by atoms with Crippen LogP contribution in [0.3, 0.4) is 0 Å². The Balaban J connectivity index is 1.41. The summed E-state index contributed by atoms with van der Waals surface area (Å²) in [7, 11) is 0. The molecule has 1 aliphatic rings. The molecular formula is C29H28BrN3O2. The summed E-state index contributed by atoms with van der Waals surface area (Å²) in [6.07, 6.45) is 7.36. The van der Waals surface area contributed by atoms with Gasteiger partial charge >= 0.3 is 0 Å². The lowest BCUT2D eigenvalue weighted by molar-refractivity contribution is 0.304. The molecule has 3 aromatic carbocycles. The van der Waals surface area contributed by atoms with Crippen LogP contribution in [0.4, 0.5) is 0 Å². The Labute approximate surface area is 213 Å². The van der Waals surface area contributed by atoms with Crippen LogP contribution in [0.25, 0.3) is 10.9 Å². The van der Waals surface area contributed by atoms with Gasteiger partial charge in [0.05, 0.1) is 21.6 Å². The highest BCUT2D eigenvalue weighted by molar-refractivity contribution is 9.10. The van der Waals surface area contributed by atoms with Gasteiger partial charge in [-0.1, -0.05) is 61.2 Å². The molecule has 0 amide bonds. The quantitative estimate of drug-likeness (QED) is 0.253. The Morgan fingerprint density at radius 1 is 1.06 bits per heavy atom. The maximum Gasteiger partial charge on any atom is 0.282 e. The third kappa shape index (κ3) is 5.38. The lowest BCUT2D eigenvalue weighted by atomic mass is 9.88. The van der Waals surface area contributed by atoms with Crippen LogP contribution in [0.1, 0.15) is 60.5 Å². The summed E-state index contributed by atoms with van der Waals surface area (Å²) in [5.41, 5.74) is 3.83. The second-order valence-electron chi connectivity index (χ2n) is 9.15. The van der Waals surface area contributed by atoms with Crippen LogP contribution in [0.2, 0.25) is 0 Å². The van der Waals surface area contributed by atoms with Crippen LogP contribution in [0.15, 0.2) is 81.1 Å². The fourth-order valence-electron chi connectivity index (χ4n) is 4.56. The molecule has 0 atom stereocenters. The van der Waals surface area contributed by atoms with Crippen molar-refractivity contribution >= 4 is 33.0 Å². The molecule has 4 aromatic rings. The summed E-state index contributed by atoms with van der Waals surface area (Å²) in [6, 6.07) is 21.6. The van der Waals surface area contributed by atoms with Crippen LogP contribution >= 0.6 is 15.9 Å². The van der Waals surface area contributed by atoms with E-state index in [-0.39, 0.29) is 11.5 Å². The van der Waals surface area contributed by atoms with Crippen molar-refractivity contribution in [3.8, 4) is 5.75 Å². The average molecular weight is 530 g/mol. The molecule has 1 fully saturated rings. The molecule has 1 aliphatic carbocycles. The van der Waals surface area contributed by atoms with Crippen LogP contribution in [0, 0.1) is 6.92 Å². The Bertz CT molecular complexity index is 1420. The zero-order valence-corrected chi connectivity index (χ0v) is 21.4. The number of hydrogen-bond acceptors (Lipinski definition) is 4. The van der Waals surface area contributed by atoms with E-state index in [1.165, 1.54) is 16.7 Å². The van der Waals surface area contributed by atoms with Gasteiger partial charge in [-0.15, -0.1) is 0 Å². The molecule has 0 bridgehead atoms. The Hall–Kier alpha value is -3.25. The van der Waals surface area contributed by atoms with Gasteiger partial charge in [-0.05, 0) is 77.2 Å². The van der Waals surface area contributed by atoms with E-state index in [0.717, 1.165) is 58.4 Å². The molecule has 0 unspecified atom stereocenters. The van der Waals surface area contributed by atoms with Gasteiger partial charge in [0.2, 0.25) is 0 Å². The average Bonchev–Trinajstić information content (AvgIpc) is 2.89. The van der Waals surface area contributed by atoms with Gasteiger partial charge in [-0.2, -0.15) is 9.78 Å². The van der Waals surface area contributed by atoms with Crippen LogP contribution < -0.4 is 10.3 Å². The number of halogens is 1. The lowest BCUT2D eigenvalue weighted by Gasteiger charge is -2.22. The first-order valence-corrected chi connectivity index (χ1v) is 12.9. The maximum atomic E-state index is 13.4. The minimum Gasteiger partial charge on any atom is -0.488 e. The van der Waals surface area contributed by atoms with E-state index in [2.05, 4.69) is 52.2 Å². The van der Waals surface area contributed by atoms with Gasteiger partial charge in [0, 0.05) is 5.92 Å². The molecule has 1 saturated carbocycles. The van der Waals surface area contributed by atoms with Crippen molar-refractivity contribution in [1.29, 1.82) is 0 Å². The van der Waals surface area contributed by atoms with Crippen molar-refractivity contribution in [3.63, 3.8) is 0 Å². The highest BCUT2D eigenvalue weighted by Gasteiger charge is 2.22. The Morgan fingerprint density at radius 3 is 2.60 bits per heavy atom. The van der Waals surface area contributed by atoms with Crippen molar-refractivity contribution in [1.82, 2.24) is 9.66 Å². The summed E-state index contributed by atoms with van der Waals surface area (Å²) in [5, 5.41) is 5.22. The molecule has 178 valence electrons. The van der Waals surface area contributed by atoms with Gasteiger partial charge in [0.25, 0.3) is 5.56 Å². The minimum atomic E-state index is -0.121. The highest BCUT2D eigenvalue weighted by Crippen LogP contribution is 2.32. The third-order valence-electron chi connectivity index (χ3n) is 6.54. The van der Waals surface area contributed by atoms with Crippen LogP contribution in [-0.4, -0.2) is 15.9 Å². The maximum absolute atomic E-state index is 13.4. The van der Waals surface area contributed by atoms with Crippen molar-refractivity contribution < 1.29 is 4.74 Å². The van der Waals surface area contributed by atoms with Crippen LogP contribution in [0.5, 0.6) is 5.75 Å². The smallest absolute Gasteiger partial charge is 0.282 e. The minimum absolute atomic E-state index is 0.121. The van der Waals surface area contributed by atoms with Gasteiger partial charge in [-0.25, -0.2) is 4.98 Å². The van der Waals surface area contributed by atoms with E-state index < -0.39 is 0 Å². The van der Waals surface area contributed by atoms with E-state index in [0.29, 0.717) is 12.0 Å². The molecule has 0 saturated heterocycles. The van der Waals surface area contributed by atoms with Crippen LogP contribution in [-0.2, 0) is 6.61 Å². The fraction of sp³-hybridized carbons (Fsp3) is 0.276. The van der Waals surface area contributed by atoms with Crippen molar-refractivity contribution in [2.45, 2.75) is 51.6 Å². The van der Waals surface area contributed by atoms with Gasteiger partial charge < -0.3 is 4.74 Å². The predicted molar refractivity (Wildman–Crippen MR) is 144 cm³/mol. The lowest BCUT2D eigenvalue weighted by Crippen LogP contribution is -2.25. The van der Waals surface area contributed by atoms with Gasteiger partial charge in [0.15, 0.2) is 0 Å². The second-order valence-corrected chi connectivity index (χ2v) is 10.0. The van der Waals surface area contributed by atoms with E-state index in [4.69, 9.17) is 9.72 Å². The fourth-order valence-corrected chi connectivity index (χ4v) is 5.07. The molecule has 0 aliphatic heterocycles. The number of para-hydroxylation sites is 1. The molecule has 0 N–H and O–H groups in total. The summed E-state index contributed by atoms with van der Waals surface area (Å²) in [4.78, 5) is 18.2. The Morgan fingerprint density at radius 2 is 1.83 bits per heavy atom. The first-order chi connectivity index (χ1) is 17.1. The highest BCUT2D eigenvalue weighted by atomic mass is 79.9. The first kappa shape index (κ1) is 23.5. The van der Waals surface area contributed by atoms with E-state index in [9.17, 15) is 4.79 Å². The molecule has 1 heterocycles. The number of rotatable bonds is 6. The van der Waals surface area contributed by atoms with Crippen molar-refractivity contribution in [3.05, 3.63) is 104 Å². The molecule has 5 rings (SSSR count). The zero-order chi connectivity index (χ0) is 24.2. The summed E-state index contributed by atoms with van der Waals surface area (Å²) in [6.45, 7) is 2.57. The Kier molecular flexibility index (Phi) is 7.09. The molecule has 35 heavy (non-hydrogen) atoms. The molecule has 0 spiro atoms. The molecule has 0 radical (unpaired) electrons. The SMILES string of the molecule is Cc1ccc(COc2ccc(C=Nn3c(C4CCCCC4)nc4ccccc4c3=O)cc2Br)cc1. The zero-order valence-electron chi connectivity index (χ0n) is 19.8. The summed E-state index contributed by atoms with van der Waals surface area (Å²) in [5.74, 6) is 1.78. The van der Waals surface area contributed by atoms with Crippen molar-refractivity contribution in [2.75, 3.05) is 0 Å². The number of hydrogen-bond donors (Lipinski definition) is 0. The van der Waals surface area contributed by atoms with Gasteiger partial charge in [0.1, 0.15) is 18.2 Å². The number of ether oxygens (including phenoxy) is 1. The molecule has 1 aromatic heterocycles. The molecule has 5 nitrogen and oxygen atoms in total.